The van der Waals surface area contributed by atoms with Crippen LogP contribution in [-0.4, -0.2) is 126 Å². The van der Waals surface area contributed by atoms with E-state index in [1.54, 1.807) is 13.0 Å². The lowest BCUT2D eigenvalue weighted by Gasteiger charge is -2.29. The van der Waals surface area contributed by atoms with Gasteiger partial charge in [0.2, 0.25) is 34.4 Å². The van der Waals surface area contributed by atoms with Gasteiger partial charge >= 0.3 is 0 Å². The number of hydrogen-bond donors (Lipinski definition) is 6. The van der Waals surface area contributed by atoms with Crippen LogP contribution >= 0.6 is 46.4 Å². The highest BCUT2D eigenvalue weighted by Crippen LogP contribution is 2.54. The van der Waals surface area contributed by atoms with Gasteiger partial charge in [-0.05, 0) is 90.3 Å². The summed E-state index contributed by atoms with van der Waals surface area (Å²) in [4.78, 5) is 27.9. The van der Waals surface area contributed by atoms with Gasteiger partial charge in [-0.15, -0.1) is 0 Å². The molecule has 2 aliphatic heterocycles. The van der Waals surface area contributed by atoms with Crippen molar-refractivity contribution in [3.63, 3.8) is 0 Å². The van der Waals surface area contributed by atoms with Crippen molar-refractivity contribution in [2.24, 2.45) is 4.99 Å². The molecule has 0 spiro atoms. The minimum absolute atomic E-state index is 0.00856. The molecule has 82 heavy (non-hydrogen) atoms. The minimum Gasteiger partial charge on any atom is -0.744 e. The number of benzene rings is 5. The van der Waals surface area contributed by atoms with Crippen molar-refractivity contribution in [1.82, 2.24) is 34.9 Å². The molecule has 6 N–H and O–H groups in total. The first kappa shape index (κ1) is 59.5. The van der Waals surface area contributed by atoms with E-state index in [0.29, 0.717) is 17.7 Å². The first-order chi connectivity index (χ1) is 38.4. The quantitative estimate of drug-likeness (QED) is 0.0357. The first-order valence-corrected chi connectivity index (χ1v) is 31.0. The van der Waals surface area contributed by atoms with Gasteiger partial charge < -0.3 is 63.8 Å². The maximum Gasteiger partial charge on any atom is 0.233 e. The average Bonchev–Trinajstić information content (AvgIpc) is 2.01. The van der Waals surface area contributed by atoms with Gasteiger partial charge in [0, 0.05) is 25.2 Å². The maximum atomic E-state index is 13.0. The van der Waals surface area contributed by atoms with E-state index in [0.717, 1.165) is 24.3 Å². The fourth-order valence-corrected chi connectivity index (χ4v) is 11.9. The van der Waals surface area contributed by atoms with Gasteiger partial charge in [0.1, 0.15) is 82.4 Å². The zero-order valence-corrected chi connectivity index (χ0v) is 47.5. The Morgan fingerprint density at radius 3 is 1.61 bits per heavy atom. The highest BCUT2D eigenvalue weighted by Gasteiger charge is 2.32. The molecule has 31 nitrogen and oxygen atoms in total. The number of ether oxygens (including phenoxy) is 1. The molecule has 4 aromatic carbocycles. The normalized spacial score (nSPS) is 13.0. The summed E-state index contributed by atoms with van der Waals surface area (Å²) in [7, 11) is -26.3. The molecule has 0 fully saturated rings. The fourth-order valence-electron chi connectivity index (χ4n) is 7.79. The Labute approximate surface area is 482 Å². The van der Waals surface area contributed by atoms with Crippen LogP contribution in [0.15, 0.2) is 94.6 Å². The standard InChI is InChI=1S/C42H34Cl4N14O17S5/c1-2-19-30-35(77-33-23(51-30)8-7-22(28(33)43)47-11-13-49-39-55-37(45)57-41(59-39)53-20-5-3-17(78(61,62)63)15-26(20)80(67,68)69)29(44)31-32(19)76-34-24(52-31)9-10-25(36(34)82(73,74)75)48-12-14-50-40-56-38(46)58-42(60-40)54-21-6-4-18(79(64,65)66)16-27(21)81(70,71)72/h3-10,15-16,48,52H,2,11-14H2,1H3,(H,61,62,63)(H,64,65,66)(H,67,68,69)(H,70,71,72)(H,73,74,75)(H2,49,53,55,57,59)(H2,50,54,56,58,60)/p-5. The van der Waals surface area contributed by atoms with Crippen molar-refractivity contribution in [1.29, 1.82) is 0 Å². The van der Waals surface area contributed by atoms with Gasteiger partial charge in [-0.25, -0.2) is 47.1 Å². The summed E-state index contributed by atoms with van der Waals surface area (Å²) in [5.74, 6) is -1.51. The molecule has 9 rings (SSSR count). The lowest BCUT2D eigenvalue weighted by Crippen LogP contribution is -2.18. The van der Waals surface area contributed by atoms with Crippen molar-refractivity contribution >= 4 is 160 Å². The number of nitrogens with zero attached hydrogens (tertiary/aromatic N) is 8. The van der Waals surface area contributed by atoms with Crippen LogP contribution in [0.25, 0.3) is 22.6 Å². The second kappa shape index (κ2) is 22.5. The molecule has 3 aliphatic rings. The van der Waals surface area contributed by atoms with E-state index in [1.165, 1.54) is 18.2 Å². The van der Waals surface area contributed by atoms with Gasteiger partial charge in [-0.3, -0.25) is 4.99 Å². The van der Waals surface area contributed by atoms with Crippen molar-refractivity contribution in [2.75, 3.05) is 58.1 Å². The average molecular weight is 1300 g/mol. The van der Waals surface area contributed by atoms with Crippen molar-refractivity contribution in [3.05, 3.63) is 92.2 Å². The maximum absolute atomic E-state index is 13.0. The van der Waals surface area contributed by atoms with Crippen LogP contribution in [0, 0.1) is 0 Å². The molecule has 0 atom stereocenters. The SMILES string of the molecule is CCc1c2c(c(Cl)c3oc4c(Cl)c(=NCCNc5nc(Cl)nc(Nc6ccc(S(=O)(=O)[O-])cc6S(=O)(=O)[O-])n5)ccc-4nc13)Nc1ccc(NCCNc3nc(Cl)nc(Nc4ccc(S(=O)(=O)[O-])cc4S(=O)(=O)[O-])n3)c(S(=O)(=O)[O-])c1O2. The molecule has 0 unspecified atom stereocenters. The predicted octanol–water partition coefficient (Wildman–Crippen LogP) is 4.87. The fraction of sp³-hybridized carbons (Fsp3) is 0.143. The van der Waals surface area contributed by atoms with Crippen molar-refractivity contribution < 1.29 is 74.0 Å². The molecule has 0 radical (unpaired) electrons. The van der Waals surface area contributed by atoms with Gasteiger partial charge in [0.25, 0.3) is 0 Å². The summed E-state index contributed by atoms with van der Waals surface area (Å²) in [6.45, 7) is 1.54. The number of rotatable bonds is 19. The third-order valence-corrected chi connectivity index (χ3v) is 16.6. The minimum atomic E-state index is -5.35. The third kappa shape index (κ3) is 12.9. The number of halogens is 4. The number of anilines is 9. The summed E-state index contributed by atoms with van der Waals surface area (Å²) in [6, 6.07) is 9.73. The van der Waals surface area contributed by atoms with Crippen LogP contribution in [0.4, 0.5) is 52.2 Å². The molecule has 0 saturated heterocycles. The topological polar surface area (TPSA) is 483 Å². The zero-order chi connectivity index (χ0) is 59.4. The van der Waals surface area contributed by atoms with E-state index >= 15 is 0 Å². The van der Waals surface area contributed by atoms with E-state index in [4.69, 9.17) is 60.5 Å². The monoisotopic (exact) mass is 1300 g/mol. The van der Waals surface area contributed by atoms with Crippen LogP contribution in [0.3, 0.4) is 0 Å². The van der Waals surface area contributed by atoms with E-state index in [2.05, 4.69) is 66.8 Å². The van der Waals surface area contributed by atoms with Crippen LogP contribution in [0.5, 0.6) is 11.5 Å². The Morgan fingerprint density at radius 2 is 1.09 bits per heavy atom. The van der Waals surface area contributed by atoms with Gasteiger partial charge in [0.05, 0.1) is 54.2 Å². The molecule has 0 bridgehead atoms. The number of aryl methyl sites for hydroxylation is 1. The number of nitrogens with one attached hydrogen (secondary N) is 6. The van der Waals surface area contributed by atoms with Gasteiger partial charge in [-0.1, -0.05) is 30.1 Å². The molecule has 2 aromatic heterocycles. The molecule has 40 heteroatoms. The smallest absolute Gasteiger partial charge is 0.233 e. The van der Waals surface area contributed by atoms with Crippen LogP contribution in [-0.2, 0) is 57.0 Å². The summed E-state index contributed by atoms with van der Waals surface area (Å²) < 4.78 is 192. The van der Waals surface area contributed by atoms with Crippen LogP contribution in [0.2, 0.25) is 20.6 Å². The van der Waals surface area contributed by atoms with Crippen molar-refractivity contribution in [3.8, 4) is 23.0 Å². The van der Waals surface area contributed by atoms with Crippen LogP contribution in [0.1, 0.15) is 12.5 Å². The molecule has 1 aliphatic carbocycles. The highest BCUT2D eigenvalue weighted by atomic mass is 35.5. The lowest BCUT2D eigenvalue weighted by molar-refractivity contribution is 0.438. The summed E-state index contributed by atoms with van der Waals surface area (Å²) in [5, 5.41) is 15.7. The van der Waals surface area contributed by atoms with Crippen LogP contribution < -0.4 is 42.0 Å². The highest BCUT2D eigenvalue weighted by molar-refractivity contribution is 7.87. The van der Waals surface area contributed by atoms with Crippen molar-refractivity contribution in [2.45, 2.75) is 37.8 Å². The zero-order valence-electron chi connectivity index (χ0n) is 40.4. The van der Waals surface area contributed by atoms with E-state index in [9.17, 15) is 64.9 Å². The molecule has 0 saturated carbocycles. The van der Waals surface area contributed by atoms with E-state index in [1.807, 2.05) is 0 Å². The molecule has 432 valence electrons. The molecule has 0 amide bonds. The summed E-state index contributed by atoms with van der Waals surface area (Å²) >= 11 is 25.9. The summed E-state index contributed by atoms with van der Waals surface area (Å²) in [5.41, 5.74) is -0.222. The van der Waals surface area contributed by atoms with E-state index in [-0.39, 0.29) is 122 Å². The summed E-state index contributed by atoms with van der Waals surface area (Å²) in [6.07, 6.45) is 0.197. The Morgan fingerprint density at radius 1 is 0.561 bits per heavy atom. The second-order valence-corrected chi connectivity index (χ2v) is 24.7. The second-order valence-electron chi connectivity index (χ2n) is 16.5. The molecular formula is C42H29Cl4N14O17S5-5. The Hall–Kier alpha value is -7.17. The molecular weight excluding hydrogens is 1270 g/mol. The molecule has 4 heterocycles. The van der Waals surface area contributed by atoms with Gasteiger partial charge in [-0.2, -0.15) is 29.9 Å². The Bertz CT molecular complexity index is 4610. The lowest BCUT2D eigenvalue weighted by atomic mass is 10.0. The Balaban J connectivity index is 0.912. The number of aromatic nitrogens is 7. The number of hydrogen-bond acceptors (Lipinski definition) is 31. The first-order valence-electron chi connectivity index (χ1n) is 22.4. The number of fused-ring (bicyclic) bond motifs is 4. The largest absolute Gasteiger partial charge is 0.744 e. The third-order valence-electron chi connectivity index (χ3n) is 11.2. The van der Waals surface area contributed by atoms with Gasteiger partial charge in [0.15, 0.2) is 22.8 Å². The van der Waals surface area contributed by atoms with E-state index < -0.39 is 97.7 Å². The predicted molar refractivity (Wildman–Crippen MR) is 285 cm³/mol. The Kier molecular flexibility index (Phi) is 16.3. The molecule has 6 aromatic rings.